The maximum atomic E-state index is 5.61. The zero-order chi connectivity index (χ0) is 14.8. The van der Waals surface area contributed by atoms with Gasteiger partial charge in [0.15, 0.2) is 5.65 Å². The van der Waals surface area contributed by atoms with Crippen LogP contribution in [0.4, 0.5) is 0 Å². The van der Waals surface area contributed by atoms with Crippen LogP contribution in [-0.2, 0) is 7.05 Å². The molecule has 108 valence electrons. The Labute approximate surface area is 124 Å². The lowest BCUT2D eigenvalue weighted by molar-refractivity contribution is 0.317. The van der Waals surface area contributed by atoms with Crippen molar-refractivity contribution in [1.82, 2.24) is 14.8 Å². The predicted octanol–water partition coefficient (Wildman–Crippen LogP) is 3.73. The minimum Gasteiger partial charge on any atom is -0.494 e. The molecule has 1 aromatic carbocycles. The molecule has 0 unspecified atom stereocenters. The van der Waals surface area contributed by atoms with E-state index in [0.717, 1.165) is 41.1 Å². The number of aromatic nitrogens is 3. The second-order valence-electron chi connectivity index (χ2n) is 5.24. The lowest BCUT2D eigenvalue weighted by Crippen LogP contribution is -1.94. The summed E-state index contributed by atoms with van der Waals surface area (Å²) in [5.41, 5.74) is 4.00. The van der Waals surface area contributed by atoms with Crippen LogP contribution in [0.25, 0.3) is 22.3 Å². The predicted molar refractivity (Wildman–Crippen MR) is 84.5 cm³/mol. The van der Waals surface area contributed by atoms with Crippen LogP contribution < -0.4 is 4.74 Å². The van der Waals surface area contributed by atoms with Crippen molar-refractivity contribution in [3.8, 4) is 17.0 Å². The van der Waals surface area contributed by atoms with Gasteiger partial charge in [-0.3, -0.25) is 4.68 Å². The van der Waals surface area contributed by atoms with E-state index in [1.54, 1.807) is 4.68 Å². The van der Waals surface area contributed by atoms with Gasteiger partial charge in [0.2, 0.25) is 0 Å². The first kappa shape index (κ1) is 13.6. The zero-order valence-electron chi connectivity index (χ0n) is 12.6. The smallest absolute Gasteiger partial charge is 0.181 e. The summed E-state index contributed by atoms with van der Waals surface area (Å²) in [6, 6.07) is 10.2. The topological polar surface area (TPSA) is 39.9 Å². The molecule has 4 heteroatoms. The lowest BCUT2D eigenvalue weighted by atomic mass is 10.1. The van der Waals surface area contributed by atoms with Crippen molar-refractivity contribution in [2.75, 3.05) is 6.61 Å². The van der Waals surface area contributed by atoms with E-state index in [0.29, 0.717) is 0 Å². The average Bonchev–Trinajstić information content (AvgIpc) is 2.86. The van der Waals surface area contributed by atoms with E-state index in [1.165, 1.54) is 5.56 Å². The fourth-order valence-corrected chi connectivity index (χ4v) is 2.36. The van der Waals surface area contributed by atoms with E-state index < -0.39 is 0 Å². The SMILES string of the molecule is CCCOc1ccc(-c2cc(C)c3cn(C)nc3n2)cc1. The average molecular weight is 281 g/mol. The molecule has 0 atom stereocenters. The lowest BCUT2D eigenvalue weighted by Gasteiger charge is -2.06. The van der Waals surface area contributed by atoms with Gasteiger partial charge < -0.3 is 4.74 Å². The highest BCUT2D eigenvalue weighted by atomic mass is 16.5. The number of hydrogen-bond donors (Lipinski definition) is 0. The van der Waals surface area contributed by atoms with Crippen molar-refractivity contribution >= 4 is 11.0 Å². The highest BCUT2D eigenvalue weighted by Gasteiger charge is 2.08. The van der Waals surface area contributed by atoms with Crippen LogP contribution in [0.3, 0.4) is 0 Å². The van der Waals surface area contributed by atoms with Gasteiger partial charge in [0, 0.05) is 24.2 Å². The van der Waals surface area contributed by atoms with E-state index in [-0.39, 0.29) is 0 Å². The van der Waals surface area contributed by atoms with E-state index in [9.17, 15) is 0 Å². The monoisotopic (exact) mass is 281 g/mol. The molecule has 0 saturated carbocycles. The molecular weight excluding hydrogens is 262 g/mol. The van der Waals surface area contributed by atoms with Gasteiger partial charge >= 0.3 is 0 Å². The molecule has 0 fully saturated rings. The molecule has 0 radical (unpaired) electrons. The fourth-order valence-electron chi connectivity index (χ4n) is 2.36. The first-order chi connectivity index (χ1) is 10.2. The van der Waals surface area contributed by atoms with Crippen LogP contribution in [-0.4, -0.2) is 21.4 Å². The number of pyridine rings is 1. The first-order valence-electron chi connectivity index (χ1n) is 7.21. The maximum absolute atomic E-state index is 5.61. The Balaban J connectivity index is 1.96. The highest BCUT2D eigenvalue weighted by Crippen LogP contribution is 2.25. The van der Waals surface area contributed by atoms with E-state index in [1.807, 2.05) is 37.5 Å². The summed E-state index contributed by atoms with van der Waals surface area (Å²) >= 11 is 0. The van der Waals surface area contributed by atoms with Gasteiger partial charge in [-0.2, -0.15) is 5.10 Å². The Kier molecular flexibility index (Phi) is 3.60. The van der Waals surface area contributed by atoms with E-state index in [4.69, 9.17) is 4.74 Å². The summed E-state index contributed by atoms with van der Waals surface area (Å²) in [5.74, 6) is 0.899. The molecule has 21 heavy (non-hydrogen) atoms. The Morgan fingerprint density at radius 1 is 1.19 bits per heavy atom. The number of aryl methyl sites for hydroxylation is 2. The van der Waals surface area contributed by atoms with Crippen molar-refractivity contribution < 1.29 is 4.74 Å². The summed E-state index contributed by atoms with van der Waals surface area (Å²) in [6.45, 7) is 4.94. The summed E-state index contributed by atoms with van der Waals surface area (Å²) in [7, 11) is 1.92. The molecule has 0 saturated heterocycles. The summed E-state index contributed by atoms with van der Waals surface area (Å²) in [4.78, 5) is 4.65. The molecule has 4 nitrogen and oxygen atoms in total. The van der Waals surface area contributed by atoms with Crippen LogP contribution >= 0.6 is 0 Å². The van der Waals surface area contributed by atoms with Crippen LogP contribution in [0, 0.1) is 6.92 Å². The van der Waals surface area contributed by atoms with Crippen molar-refractivity contribution in [2.45, 2.75) is 20.3 Å². The second kappa shape index (κ2) is 5.56. The van der Waals surface area contributed by atoms with Crippen molar-refractivity contribution in [2.24, 2.45) is 7.05 Å². The number of hydrogen-bond acceptors (Lipinski definition) is 3. The van der Waals surface area contributed by atoms with E-state index >= 15 is 0 Å². The third kappa shape index (κ3) is 2.75. The molecule has 0 aliphatic rings. The molecule has 3 aromatic rings. The molecule has 0 amide bonds. The van der Waals surface area contributed by atoms with Crippen LogP contribution in [0.2, 0.25) is 0 Å². The summed E-state index contributed by atoms with van der Waals surface area (Å²) < 4.78 is 7.41. The highest BCUT2D eigenvalue weighted by molar-refractivity contribution is 5.81. The maximum Gasteiger partial charge on any atom is 0.181 e. The number of benzene rings is 1. The third-order valence-electron chi connectivity index (χ3n) is 3.44. The van der Waals surface area contributed by atoms with E-state index in [2.05, 4.69) is 30.0 Å². The van der Waals surface area contributed by atoms with Gasteiger partial charge in [-0.1, -0.05) is 6.92 Å². The van der Waals surface area contributed by atoms with Crippen molar-refractivity contribution in [3.63, 3.8) is 0 Å². The largest absolute Gasteiger partial charge is 0.494 e. The molecule has 0 bridgehead atoms. The Morgan fingerprint density at radius 3 is 2.67 bits per heavy atom. The van der Waals surface area contributed by atoms with Gasteiger partial charge in [-0.15, -0.1) is 0 Å². The number of ether oxygens (including phenoxy) is 1. The summed E-state index contributed by atoms with van der Waals surface area (Å²) in [6.07, 6.45) is 3.02. The molecule has 0 spiro atoms. The molecule has 0 aliphatic carbocycles. The molecule has 3 rings (SSSR count). The number of rotatable bonds is 4. The van der Waals surface area contributed by atoms with Gasteiger partial charge in [0.05, 0.1) is 12.3 Å². The molecule has 2 heterocycles. The van der Waals surface area contributed by atoms with Crippen LogP contribution in [0.5, 0.6) is 5.75 Å². The third-order valence-corrected chi connectivity index (χ3v) is 3.44. The molecule has 0 N–H and O–H groups in total. The Hall–Kier alpha value is -2.36. The molecule has 2 aromatic heterocycles. The zero-order valence-corrected chi connectivity index (χ0v) is 12.6. The quantitative estimate of drug-likeness (QED) is 0.731. The minimum absolute atomic E-state index is 0.747. The second-order valence-corrected chi connectivity index (χ2v) is 5.24. The van der Waals surface area contributed by atoms with Gasteiger partial charge in [-0.25, -0.2) is 4.98 Å². The Bertz CT molecular complexity index is 760. The number of fused-ring (bicyclic) bond motifs is 1. The van der Waals surface area contributed by atoms with Crippen LogP contribution in [0.1, 0.15) is 18.9 Å². The van der Waals surface area contributed by atoms with Crippen LogP contribution in [0.15, 0.2) is 36.5 Å². The van der Waals surface area contributed by atoms with Crippen molar-refractivity contribution in [3.05, 3.63) is 42.1 Å². The van der Waals surface area contributed by atoms with Gasteiger partial charge in [0.25, 0.3) is 0 Å². The summed E-state index contributed by atoms with van der Waals surface area (Å²) in [5, 5.41) is 5.50. The standard InChI is InChI=1S/C17H19N3O/c1-4-9-21-14-7-5-13(6-8-14)16-10-12(2)15-11-20(3)19-17(15)18-16/h5-8,10-11H,4,9H2,1-3H3. The van der Waals surface area contributed by atoms with Gasteiger partial charge in [0.1, 0.15) is 5.75 Å². The molecular formula is C17H19N3O. The fraction of sp³-hybridized carbons (Fsp3) is 0.294. The minimum atomic E-state index is 0.747. The van der Waals surface area contributed by atoms with Crippen molar-refractivity contribution in [1.29, 1.82) is 0 Å². The number of nitrogens with zero attached hydrogens (tertiary/aromatic N) is 3. The first-order valence-corrected chi connectivity index (χ1v) is 7.21. The Morgan fingerprint density at radius 2 is 1.95 bits per heavy atom. The van der Waals surface area contributed by atoms with Gasteiger partial charge in [-0.05, 0) is 49.2 Å². The molecule has 0 aliphatic heterocycles. The normalized spacial score (nSPS) is 11.0.